The molecule has 2 aliphatic heterocycles. The summed E-state index contributed by atoms with van der Waals surface area (Å²) in [6.45, 7) is 11.3. The van der Waals surface area contributed by atoms with E-state index in [1.54, 1.807) is 0 Å². The number of hydrogen-bond acceptors (Lipinski definition) is 4. The lowest BCUT2D eigenvalue weighted by atomic mass is 10.1. The molecule has 6 nitrogen and oxygen atoms in total. The molecule has 0 amide bonds. The van der Waals surface area contributed by atoms with Crippen molar-refractivity contribution in [2.45, 2.75) is 71.2 Å². The first kappa shape index (κ1) is 22.9. The maximum absolute atomic E-state index is 6.15. The van der Waals surface area contributed by atoms with Crippen LogP contribution >= 0.6 is 0 Å². The van der Waals surface area contributed by atoms with Gasteiger partial charge in [0, 0.05) is 26.2 Å². The molecule has 2 heterocycles. The van der Waals surface area contributed by atoms with Gasteiger partial charge in [0.05, 0.1) is 25.4 Å². The number of rotatable bonds is 8. The molecule has 0 radical (unpaired) electrons. The first-order valence-corrected chi connectivity index (χ1v) is 11.6. The van der Waals surface area contributed by atoms with Gasteiger partial charge in [0.1, 0.15) is 11.9 Å². The van der Waals surface area contributed by atoms with E-state index >= 15 is 0 Å². The Bertz CT molecular complexity index is 636. The van der Waals surface area contributed by atoms with Crippen LogP contribution in [-0.4, -0.2) is 68.6 Å². The van der Waals surface area contributed by atoms with Crippen molar-refractivity contribution in [2.75, 3.05) is 39.4 Å². The number of guanidine groups is 1. The molecule has 1 N–H and O–H groups in total. The van der Waals surface area contributed by atoms with Gasteiger partial charge < -0.3 is 24.4 Å². The van der Waals surface area contributed by atoms with Crippen molar-refractivity contribution in [3.8, 4) is 5.75 Å². The zero-order chi connectivity index (χ0) is 21.2. The van der Waals surface area contributed by atoms with Crippen molar-refractivity contribution < 1.29 is 14.2 Å². The summed E-state index contributed by atoms with van der Waals surface area (Å²) >= 11 is 0. The van der Waals surface area contributed by atoms with E-state index in [2.05, 4.69) is 43.1 Å². The van der Waals surface area contributed by atoms with Crippen LogP contribution < -0.4 is 10.1 Å². The van der Waals surface area contributed by atoms with Crippen molar-refractivity contribution in [1.82, 2.24) is 10.2 Å². The van der Waals surface area contributed by atoms with Crippen molar-refractivity contribution in [3.63, 3.8) is 0 Å². The smallest absolute Gasteiger partial charge is 0.194 e. The van der Waals surface area contributed by atoms with Crippen molar-refractivity contribution >= 4 is 5.96 Å². The molecule has 2 saturated heterocycles. The molecule has 30 heavy (non-hydrogen) atoms. The van der Waals surface area contributed by atoms with Crippen LogP contribution in [0.1, 0.15) is 51.5 Å². The van der Waals surface area contributed by atoms with Gasteiger partial charge in [-0.2, -0.15) is 0 Å². The highest BCUT2D eigenvalue weighted by Gasteiger charge is 2.24. The highest BCUT2D eigenvalue weighted by atomic mass is 16.5. The first-order chi connectivity index (χ1) is 14.6. The molecule has 0 saturated carbocycles. The minimum atomic E-state index is 0.0257. The van der Waals surface area contributed by atoms with Gasteiger partial charge in [-0.25, -0.2) is 4.99 Å². The van der Waals surface area contributed by atoms with E-state index in [0.29, 0.717) is 18.8 Å². The van der Waals surface area contributed by atoms with E-state index < -0.39 is 0 Å². The maximum atomic E-state index is 6.15. The van der Waals surface area contributed by atoms with Gasteiger partial charge in [-0.3, -0.25) is 0 Å². The van der Waals surface area contributed by atoms with Crippen LogP contribution in [0.5, 0.6) is 5.75 Å². The third-order valence-corrected chi connectivity index (χ3v) is 5.72. The Kier molecular flexibility index (Phi) is 9.27. The van der Waals surface area contributed by atoms with Gasteiger partial charge in [-0.1, -0.05) is 17.7 Å². The second kappa shape index (κ2) is 12.2. The Hall–Kier alpha value is -1.79. The van der Waals surface area contributed by atoms with Crippen molar-refractivity contribution in [3.05, 3.63) is 29.8 Å². The Morgan fingerprint density at radius 1 is 1.20 bits per heavy atom. The highest BCUT2D eigenvalue weighted by Crippen LogP contribution is 2.18. The fourth-order valence-corrected chi connectivity index (χ4v) is 3.94. The monoisotopic (exact) mass is 417 g/mol. The average Bonchev–Trinajstić information content (AvgIpc) is 2.78. The summed E-state index contributed by atoms with van der Waals surface area (Å²) < 4.78 is 17.9. The summed E-state index contributed by atoms with van der Waals surface area (Å²) in [6, 6.07) is 8.18. The quantitative estimate of drug-likeness (QED) is 0.515. The number of nitrogens with one attached hydrogen (secondary N) is 1. The Morgan fingerprint density at radius 2 is 1.97 bits per heavy atom. The fraction of sp³-hybridized carbons (Fsp3) is 0.708. The van der Waals surface area contributed by atoms with Crippen LogP contribution in [0.25, 0.3) is 0 Å². The van der Waals surface area contributed by atoms with E-state index in [1.165, 1.54) is 18.4 Å². The lowest BCUT2D eigenvalue weighted by molar-refractivity contribution is -0.0721. The molecule has 168 valence electrons. The molecular formula is C24H39N3O3. The molecule has 2 unspecified atom stereocenters. The molecule has 2 atom stereocenters. The number of piperidine rings is 1. The number of nitrogens with zero attached hydrogens (tertiary/aromatic N) is 2. The summed E-state index contributed by atoms with van der Waals surface area (Å²) in [5, 5.41) is 3.44. The number of ether oxygens (including phenoxy) is 3. The lowest BCUT2D eigenvalue weighted by Gasteiger charge is -2.35. The summed E-state index contributed by atoms with van der Waals surface area (Å²) in [7, 11) is 0. The maximum Gasteiger partial charge on any atom is 0.194 e. The zero-order valence-electron chi connectivity index (χ0n) is 18.9. The standard InChI is InChI=1S/C24H39N3O3/c1-4-25-24(26-17-20(3)30-22-10-8-19(2)9-11-22)27-14-12-21(13-15-27)29-18-23-7-5-6-16-28-23/h8-11,20-21,23H,4-7,12-18H2,1-3H3,(H,25,26). The van der Waals surface area contributed by atoms with Crippen molar-refractivity contribution in [1.29, 1.82) is 0 Å². The molecule has 0 aliphatic carbocycles. The zero-order valence-corrected chi connectivity index (χ0v) is 18.9. The van der Waals surface area contributed by atoms with Gasteiger partial charge in [0.2, 0.25) is 0 Å². The molecule has 0 bridgehead atoms. The Balaban J connectivity index is 1.43. The lowest BCUT2D eigenvalue weighted by Crippen LogP contribution is -2.47. The molecular weight excluding hydrogens is 378 g/mol. The highest BCUT2D eigenvalue weighted by molar-refractivity contribution is 5.80. The molecule has 2 fully saturated rings. The van der Waals surface area contributed by atoms with Crippen LogP contribution in [-0.2, 0) is 9.47 Å². The second-order valence-corrected chi connectivity index (χ2v) is 8.44. The average molecular weight is 418 g/mol. The van der Waals surface area contributed by atoms with Crippen LogP contribution in [0.4, 0.5) is 0 Å². The molecule has 6 heteroatoms. The number of likely N-dealkylation sites (tertiary alicyclic amines) is 1. The summed E-state index contributed by atoms with van der Waals surface area (Å²) in [6.07, 6.45) is 6.32. The predicted octanol–water partition coefficient (Wildman–Crippen LogP) is 3.78. The van der Waals surface area contributed by atoms with Gasteiger partial charge >= 0.3 is 0 Å². The van der Waals surface area contributed by atoms with Crippen molar-refractivity contribution in [2.24, 2.45) is 4.99 Å². The minimum absolute atomic E-state index is 0.0257. The van der Waals surface area contributed by atoms with E-state index in [9.17, 15) is 0 Å². The predicted molar refractivity (Wildman–Crippen MR) is 121 cm³/mol. The number of aliphatic imine (C=N–C) groups is 1. The summed E-state index contributed by atoms with van der Waals surface area (Å²) in [5.74, 6) is 1.87. The third-order valence-electron chi connectivity index (χ3n) is 5.72. The van der Waals surface area contributed by atoms with E-state index in [4.69, 9.17) is 19.2 Å². The largest absolute Gasteiger partial charge is 0.489 e. The van der Waals surface area contributed by atoms with Gasteiger partial charge in [0.25, 0.3) is 0 Å². The van der Waals surface area contributed by atoms with Crippen LogP contribution in [0.2, 0.25) is 0 Å². The SMILES string of the molecule is CCNC(=NCC(C)Oc1ccc(C)cc1)N1CCC(OCC2CCCCO2)CC1. The van der Waals surface area contributed by atoms with Crippen LogP contribution in [0.15, 0.2) is 29.3 Å². The number of hydrogen-bond donors (Lipinski definition) is 1. The summed E-state index contributed by atoms with van der Waals surface area (Å²) in [5.41, 5.74) is 1.24. The molecule has 2 aliphatic rings. The van der Waals surface area contributed by atoms with Crippen LogP contribution in [0, 0.1) is 6.92 Å². The van der Waals surface area contributed by atoms with E-state index in [0.717, 1.165) is 63.8 Å². The van der Waals surface area contributed by atoms with E-state index in [1.807, 2.05) is 12.1 Å². The summed E-state index contributed by atoms with van der Waals surface area (Å²) in [4.78, 5) is 7.19. The number of benzene rings is 1. The fourth-order valence-electron chi connectivity index (χ4n) is 3.94. The molecule has 0 spiro atoms. The topological polar surface area (TPSA) is 55.3 Å². The Labute approximate surface area is 182 Å². The second-order valence-electron chi connectivity index (χ2n) is 8.44. The minimum Gasteiger partial charge on any atom is -0.489 e. The Morgan fingerprint density at radius 3 is 2.63 bits per heavy atom. The van der Waals surface area contributed by atoms with Crippen LogP contribution in [0.3, 0.4) is 0 Å². The first-order valence-electron chi connectivity index (χ1n) is 11.6. The van der Waals surface area contributed by atoms with Gasteiger partial charge in [-0.05, 0) is 65.0 Å². The normalized spacial score (nSPS) is 22.0. The third kappa shape index (κ3) is 7.47. The molecule has 1 aromatic rings. The molecule has 1 aromatic carbocycles. The van der Waals surface area contributed by atoms with E-state index in [-0.39, 0.29) is 6.10 Å². The van der Waals surface area contributed by atoms with Gasteiger partial charge in [0.15, 0.2) is 5.96 Å². The number of aryl methyl sites for hydroxylation is 1. The van der Waals surface area contributed by atoms with Gasteiger partial charge in [-0.15, -0.1) is 0 Å². The molecule has 3 rings (SSSR count). The molecule has 0 aromatic heterocycles.